The van der Waals surface area contributed by atoms with Gasteiger partial charge in [-0.3, -0.25) is 0 Å². The first-order valence-electron chi connectivity index (χ1n) is 12.1. The van der Waals surface area contributed by atoms with Gasteiger partial charge in [-0.25, -0.2) is 9.18 Å². The molecule has 34 heavy (non-hydrogen) atoms. The molecular formula is C29H38ClFO3. The first kappa shape index (κ1) is 27.9. The number of carbonyl (C=O) groups is 1. The Morgan fingerprint density at radius 1 is 1.21 bits per heavy atom. The molecule has 0 N–H and O–H groups in total. The maximum atomic E-state index is 15.5. The molecule has 1 aromatic rings. The molecule has 1 aromatic carbocycles. The van der Waals surface area contributed by atoms with Crippen LogP contribution in [0.4, 0.5) is 4.39 Å². The zero-order valence-electron chi connectivity index (χ0n) is 21.8. The van der Waals surface area contributed by atoms with Gasteiger partial charge in [-0.05, 0) is 84.9 Å². The molecule has 5 heteroatoms. The van der Waals surface area contributed by atoms with E-state index in [0.717, 1.165) is 17.5 Å². The van der Waals surface area contributed by atoms with Crippen LogP contribution >= 0.6 is 11.6 Å². The summed E-state index contributed by atoms with van der Waals surface area (Å²) in [5, 5.41) is 0.562. The van der Waals surface area contributed by atoms with Crippen molar-refractivity contribution in [2.75, 3.05) is 13.2 Å². The van der Waals surface area contributed by atoms with Gasteiger partial charge in [0.25, 0.3) is 0 Å². The largest absolute Gasteiger partial charge is 0.492 e. The molecule has 0 saturated heterocycles. The topological polar surface area (TPSA) is 35.5 Å². The molecule has 0 saturated carbocycles. The van der Waals surface area contributed by atoms with Gasteiger partial charge in [-0.1, -0.05) is 58.4 Å². The second-order valence-electron chi connectivity index (χ2n) is 9.48. The fourth-order valence-electron chi connectivity index (χ4n) is 4.37. The highest BCUT2D eigenvalue weighted by molar-refractivity contribution is 6.33. The van der Waals surface area contributed by atoms with Gasteiger partial charge >= 0.3 is 5.97 Å². The molecule has 3 nitrogen and oxygen atoms in total. The van der Waals surface area contributed by atoms with Crippen LogP contribution in [0.15, 0.2) is 41.8 Å². The maximum absolute atomic E-state index is 15.5. The lowest BCUT2D eigenvalue weighted by Gasteiger charge is -2.35. The molecule has 0 heterocycles. The number of esters is 1. The van der Waals surface area contributed by atoms with E-state index in [1.165, 1.54) is 17.7 Å². The van der Waals surface area contributed by atoms with E-state index in [1.54, 1.807) is 19.9 Å². The van der Waals surface area contributed by atoms with Crippen LogP contribution in [0.5, 0.6) is 5.75 Å². The molecule has 0 amide bonds. The van der Waals surface area contributed by atoms with Crippen LogP contribution in [0.1, 0.15) is 84.9 Å². The zero-order chi connectivity index (χ0) is 25.6. The SMILES string of the molecule is CCOC(=O)C=C(C)C=CC(F)=C(CC)c1cc2c(c(Cl)c1OCC)C(C)(C)CC=C2C(C)C. The molecular weight excluding hydrogens is 451 g/mol. The highest BCUT2D eigenvalue weighted by Crippen LogP contribution is 2.50. The predicted molar refractivity (Wildman–Crippen MR) is 141 cm³/mol. The van der Waals surface area contributed by atoms with Gasteiger partial charge in [-0.2, -0.15) is 0 Å². The van der Waals surface area contributed by atoms with Crippen LogP contribution in [0.25, 0.3) is 11.1 Å². The fraction of sp³-hybridized carbons (Fsp3) is 0.483. The van der Waals surface area contributed by atoms with Gasteiger partial charge in [0, 0.05) is 11.6 Å². The number of allylic oxidation sites excluding steroid dienone is 7. The normalized spacial score (nSPS) is 16.3. The minimum absolute atomic E-state index is 0.154. The molecule has 186 valence electrons. The van der Waals surface area contributed by atoms with Crippen LogP contribution in [0, 0.1) is 5.92 Å². The molecule has 0 unspecified atom stereocenters. The van der Waals surface area contributed by atoms with E-state index >= 15 is 4.39 Å². The Kier molecular flexibility index (Phi) is 9.75. The summed E-state index contributed by atoms with van der Waals surface area (Å²) in [5.74, 6) is 0.00746. The molecule has 0 fully saturated rings. The first-order valence-corrected chi connectivity index (χ1v) is 12.5. The molecule has 1 aliphatic carbocycles. The van der Waals surface area contributed by atoms with Crippen LogP contribution in [0.3, 0.4) is 0 Å². The van der Waals surface area contributed by atoms with Crippen LogP contribution in [-0.2, 0) is 14.9 Å². The summed E-state index contributed by atoms with van der Waals surface area (Å²) in [7, 11) is 0. The highest BCUT2D eigenvalue weighted by Gasteiger charge is 2.34. The Bertz CT molecular complexity index is 1040. The zero-order valence-corrected chi connectivity index (χ0v) is 22.5. The number of hydrogen-bond donors (Lipinski definition) is 0. The van der Waals surface area contributed by atoms with E-state index in [4.69, 9.17) is 21.1 Å². The Balaban J connectivity index is 2.71. The van der Waals surface area contributed by atoms with Crippen molar-refractivity contribution in [2.24, 2.45) is 5.92 Å². The van der Waals surface area contributed by atoms with E-state index in [2.05, 4.69) is 33.8 Å². The third-order valence-electron chi connectivity index (χ3n) is 6.04. The van der Waals surface area contributed by atoms with Crippen LogP contribution in [0.2, 0.25) is 5.02 Å². The van der Waals surface area contributed by atoms with Crippen molar-refractivity contribution >= 4 is 28.7 Å². The molecule has 0 bridgehead atoms. The second kappa shape index (κ2) is 11.9. The summed E-state index contributed by atoms with van der Waals surface area (Å²) in [5.41, 5.74) is 4.98. The molecule has 2 rings (SSSR count). The first-order chi connectivity index (χ1) is 16.0. The average molecular weight is 489 g/mol. The summed E-state index contributed by atoms with van der Waals surface area (Å²) in [6.07, 6.45) is 7.93. The molecule has 0 atom stereocenters. The van der Waals surface area contributed by atoms with Crippen molar-refractivity contribution < 1.29 is 18.7 Å². The number of rotatable bonds is 9. The van der Waals surface area contributed by atoms with Gasteiger partial charge in [-0.15, -0.1) is 0 Å². The van der Waals surface area contributed by atoms with Gasteiger partial charge < -0.3 is 9.47 Å². The van der Waals surface area contributed by atoms with Crippen LogP contribution < -0.4 is 4.74 Å². The minimum Gasteiger partial charge on any atom is -0.492 e. The number of benzene rings is 1. The van der Waals surface area contributed by atoms with E-state index in [1.807, 2.05) is 19.9 Å². The lowest BCUT2D eigenvalue weighted by atomic mass is 9.70. The number of halogens is 2. The summed E-state index contributed by atoms with van der Waals surface area (Å²) >= 11 is 7.01. The van der Waals surface area contributed by atoms with E-state index in [0.29, 0.717) is 53.0 Å². The number of carbonyl (C=O) groups excluding carboxylic acids is 1. The third kappa shape index (κ3) is 6.21. The maximum Gasteiger partial charge on any atom is 0.330 e. The predicted octanol–water partition coefficient (Wildman–Crippen LogP) is 8.62. The number of ether oxygens (including phenoxy) is 2. The standard InChI is InChI=1S/C29H38ClFO3/c1-9-20(24(31)13-12-19(6)16-25(32)33-10-2)23-17-22-21(18(4)5)14-15-29(7,8)26(22)27(30)28(23)34-11-3/h12-14,16-18H,9-11,15H2,1-8H3. The van der Waals surface area contributed by atoms with Gasteiger partial charge in [0.05, 0.1) is 18.2 Å². The number of fused-ring (bicyclic) bond motifs is 1. The molecule has 0 aliphatic heterocycles. The average Bonchev–Trinajstić information content (AvgIpc) is 2.74. The summed E-state index contributed by atoms with van der Waals surface area (Å²) in [6.45, 7) is 16.7. The molecule has 0 aromatic heterocycles. The van der Waals surface area contributed by atoms with Crippen molar-refractivity contribution in [3.05, 3.63) is 63.5 Å². The Morgan fingerprint density at radius 2 is 1.88 bits per heavy atom. The smallest absolute Gasteiger partial charge is 0.330 e. The van der Waals surface area contributed by atoms with Gasteiger partial charge in [0.1, 0.15) is 11.6 Å². The molecule has 0 spiro atoms. The van der Waals surface area contributed by atoms with Crippen molar-refractivity contribution in [1.29, 1.82) is 0 Å². The Morgan fingerprint density at radius 3 is 2.44 bits per heavy atom. The van der Waals surface area contributed by atoms with E-state index in [9.17, 15) is 4.79 Å². The van der Waals surface area contributed by atoms with Crippen molar-refractivity contribution in [3.63, 3.8) is 0 Å². The van der Waals surface area contributed by atoms with Gasteiger partial charge in [0.15, 0.2) is 0 Å². The molecule has 0 radical (unpaired) electrons. The van der Waals surface area contributed by atoms with Crippen molar-refractivity contribution in [3.8, 4) is 5.75 Å². The monoisotopic (exact) mass is 488 g/mol. The lowest BCUT2D eigenvalue weighted by Crippen LogP contribution is -2.24. The minimum atomic E-state index is -0.444. The van der Waals surface area contributed by atoms with Crippen LogP contribution in [-0.4, -0.2) is 19.2 Å². The lowest BCUT2D eigenvalue weighted by molar-refractivity contribution is -0.137. The summed E-state index contributed by atoms with van der Waals surface area (Å²) < 4.78 is 26.5. The Hall–Kier alpha value is -2.33. The van der Waals surface area contributed by atoms with Gasteiger partial charge in [0.2, 0.25) is 0 Å². The second-order valence-corrected chi connectivity index (χ2v) is 9.86. The fourth-order valence-corrected chi connectivity index (χ4v) is 4.88. The third-order valence-corrected chi connectivity index (χ3v) is 6.40. The van der Waals surface area contributed by atoms with E-state index in [-0.39, 0.29) is 11.2 Å². The number of hydrogen-bond acceptors (Lipinski definition) is 3. The highest BCUT2D eigenvalue weighted by atomic mass is 35.5. The Labute approximate surface area is 209 Å². The van der Waals surface area contributed by atoms with Crippen molar-refractivity contribution in [1.82, 2.24) is 0 Å². The quantitative estimate of drug-likeness (QED) is 0.198. The molecule has 1 aliphatic rings. The van der Waals surface area contributed by atoms with Crippen molar-refractivity contribution in [2.45, 2.75) is 73.6 Å². The van der Waals surface area contributed by atoms with E-state index < -0.39 is 5.97 Å². The summed E-state index contributed by atoms with van der Waals surface area (Å²) in [4.78, 5) is 11.7. The summed E-state index contributed by atoms with van der Waals surface area (Å²) in [6, 6.07) is 2.05.